The third kappa shape index (κ3) is 8.84. The number of ether oxygens (including phenoxy) is 1. The summed E-state index contributed by atoms with van der Waals surface area (Å²) in [7, 11) is -3.82. The minimum atomic E-state index is -3.82. The van der Waals surface area contributed by atoms with Gasteiger partial charge in [0.2, 0.25) is 21.8 Å². The summed E-state index contributed by atoms with van der Waals surface area (Å²) < 4.78 is 32.6. The summed E-state index contributed by atoms with van der Waals surface area (Å²) in [5.41, 5.74) is 3.24. The van der Waals surface area contributed by atoms with Crippen molar-refractivity contribution in [1.82, 2.24) is 10.2 Å². The first kappa shape index (κ1) is 30.7. The number of nitrogens with zero attached hydrogens (tertiary/aromatic N) is 2. The third-order valence-corrected chi connectivity index (χ3v) is 7.56. The molecule has 0 fully saturated rings. The van der Waals surface area contributed by atoms with Crippen LogP contribution in [-0.2, 0) is 32.8 Å². The number of hydrogen-bond acceptors (Lipinski definition) is 5. The van der Waals surface area contributed by atoms with E-state index >= 15 is 0 Å². The first-order chi connectivity index (χ1) is 19.1. The lowest BCUT2D eigenvalue weighted by Gasteiger charge is -2.33. The average Bonchev–Trinajstić information content (AvgIpc) is 2.93. The number of hydrogen-bond donors (Lipinski definition) is 1. The van der Waals surface area contributed by atoms with Crippen molar-refractivity contribution in [2.75, 3.05) is 23.7 Å². The summed E-state index contributed by atoms with van der Waals surface area (Å²) >= 11 is 0. The number of sulfonamides is 1. The Morgan fingerprint density at radius 3 is 2.20 bits per heavy atom. The van der Waals surface area contributed by atoms with Gasteiger partial charge in [0.1, 0.15) is 24.9 Å². The molecule has 0 bridgehead atoms. The Balaban J connectivity index is 1.84. The van der Waals surface area contributed by atoms with Gasteiger partial charge in [-0.25, -0.2) is 8.42 Å². The van der Waals surface area contributed by atoms with Gasteiger partial charge < -0.3 is 15.0 Å². The van der Waals surface area contributed by atoms with Crippen LogP contribution in [0.4, 0.5) is 5.69 Å². The van der Waals surface area contributed by atoms with E-state index in [-0.39, 0.29) is 12.5 Å². The topological polar surface area (TPSA) is 96.0 Å². The first-order valence-corrected chi connectivity index (χ1v) is 15.3. The molecule has 0 aromatic heterocycles. The van der Waals surface area contributed by atoms with Gasteiger partial charge in [-0.2, -0.15) is 0 Å². The second-order valence-electron chi connectivity index (χ2n) is 9.76. The molecule has 0 aliphatic rings. The Bertz CT molecular complexity index is 1360. The van der Waals surface area contributed by atoms with Crippen molar-refractivity contribution in [3.8, 4) is 5.75 Å². The molecule has 40 heavy (non-hydrogen) atoms. The normalized spacial score (nSPS) is 11.9. The van der Waals surface area contributed by atoms with Crippen LogP contribution >= 0.6 is 0 Å². The molecule has 3 aromatic rings. The van der Waals surface area contributed by atoms with Gasteiger partial charge >= 0.3 is 0 Å². The number of anilines is 1. The van der Waals surface area contributed by atoms with Crippen LogP contribution in [0.3, 0.4) is 0 Å². The molecule has 3 rings (SSSR count). The minimum Gasteiger partial charge on any atom is -0.489 e. The van der Waals surface area contributed by atoms with Crippen molar-refractivity contribution >= 4 is 27.5 Å². The quantitative estimate of drug-likeness (QED) is 0.306. The number of nitrogens with one attached hydrogen (secondary N) is 1. The maximum Gasteiger partial charge on any atom is 0.244 e. The molecular weight excluding hydrogens is 526 g/mol. The van der Waals surface area contributed by atoms with Crippen LogP contribution in [0.15, 0.2) is 78.9 Å². The largest absolute Gasteiger partial charge is 0.489 e. The Labute approximate surface area is 238 Å². The number of amides is 2. The van der Waals surface area contributed by atoms with Crippen molar-refractivity contribution in [2.24, 2.45) is 0 Å². The minimum absolute atomic E-state index is 0.183. The van der Waals surface area contributed by atoms with Crippen LogP contribution in [0.25, 0.3) is 0 Å². The van der Waals surface area contributed by atoms with Gasteiger partial charge in [0.05, 0.1) is 11.9 Å². The Hall–Kier alpha value is -3.85. The number of carbonyl (C=O) groups is 2. The third-order valence-electron chi connectivity index (χ3n) is 6.42. The lowest BCUT2D eigenvalue weighted by Crippen LogP contribution is -2.52. The van der Waals surface area contributed by atoms with Gasteiger partial charge in [0.15, 0.2) is 0 Å². The molecule has 0 saturated carbocycles. The van der Waals surface area contributed by atoms with Crippen LogP contribution in [-0.4, -0.2) is 50.5 Å². The Morgan fingerprint density at radius 2 is 1.60 bits per heavy atom. The van der Waals surface area contributed by atoms with E-state index in [0.29, 0.717) is 31.0 Å². The molecule has 1 N–H and O–H groups in total. The number of aryl methyl sites for hydroxylation is 1. The van der Waals surface area contributed by atoms with Crippen LogP contribution in [0.1, 0.15) is 43.4 Å². The van der Waals surface area contributed by atoms with Crippen molar-refractivity contribution in [3.63, 3.8) is 0 Å². The molecule has 0 aliphatic carbocycles. The number of benzene rings is 3. The molecular formula is C31H39N3O5S. The predicted molar refractivity (Wildman–Crippen MR) is 159 cm³/mol. The summed E-state index contributed by atoms with van der Waals surface area (Å²) in [5, 5.41) is 2.88. The predicted octanol–water partition coefficient (Wildman–Crippen LogP) is 4.67. The summed E-state index contributed by atoms with van der Waals surface area (Å²) in [4.78, 5) is 28.3. The highest BCUT2D eigenvalue weighted by molar-refractivity contribution is 7.92. The fourth-order valence-corrected chi connectivity index (χ4v) is 5.21. The first-order valence-electron chi connectivity index (χ1n) is 13.5. The second-order valence-corrected chi connectivity index (χ2v) is 11.7. The van der Waals surface area contributed by atoms with Crippen LogP contribution < -0.4 is 14.4 Å². The fourth-order valence-electron chi connectivity index (χ4n) is 4.36. The lowest BCUT2D eigenvalue weighted by atomic mass is 10.1. The smallest absolute Gasteiger partial charge is 0.244 e. The van der Waals surface area contributed by atoms with E-state index in [1.54, 1.807) is 24.3 Å². The van der Waals surface area contributed by atoms with E-state index in [4.69, 9.17) is 4.74 Å². The summed E-state index contributed by atoms with van der Waals surface area (Å²) in [5.74, 6) is -0.141. The maximum atomic E-state index is 13.8. The molecule has 1 atom stereocenters. The molecule has 214 valence electrons. The highest BCUT2D eigenvalue weighted by atomic mass is 32.2. The zero-order valence-electron chi connectivity index (χ0n) is 23.7. The fraction of sp³-hybridized carbons (Fsp3) is 0.355. The molecule has 0 spiro atoms. The molecule has 0 saturated heterocycles. The van der Waals surface area contributed by atoms with Crippen LogP contribution in [0.2, 0.25) is 0 Å². The Kier molecular flexibility index (Phi) is 11.1. The van der Waals surface area contributed by atoms with E-state index in [2.05, 4.69) is 5.32 Å². The van der Waals surface area contributed by atoms with E-state index in [0.717, 1.165) is 33.7 Å². The van der Waals surface area contributed by atoms with Gasteiger partial charge in [-0.3, -0.25) is 13.9 Å². The standard InChI is InChI=1S/C31H39N3O5S/c1-5-19-32-31(36)29(6-2)33(21-26-14-10-11-24(3)20-26)30(35)22-34(40(4,37)38)27-15-17-28(18-16-27)39-23-25-12-8-7-9-13-25/h7-18,20,29H,5-6,19,21-23H2,1-4H3,(H,32,36)/t29-/m0/s1. The summed E-state index contributed by atoms with van der Waals surface area (Å²) in [6.07, 6.45) is 2.22. The van der Waals surface area contributed by atoms with E-state index < -0.39 is 28.5 Å². The summed E-state index contributed by atoms with van der Waals surface area (Å²) in [6.45, 7) is 6.37. The zero-order chi connectivity index (χ0) is 29.1. The van der Waals surface area contributed by atoms with Gasteiger partial charge in [0.25, 0.3) is 0 Å². The highest BCUT2D eigenvalue weighted by Gasteiger charge is 2.31. The molecule has 0 aliphatic heterocycles. The molecule has 0 heterocycles. The molecule has 0 unspecified atom stereocenters. The van der Waals surface area contributed by atoms with Crippen molar-refractivity contribution in [3.05, 3.63) is 95.6 Å². The number of rotatable bonds is 14. The van der Waals surface area contributed by atoms with Gasteiger partial charge in [-0.1, -0.05) is 74.0 Å². The van der Waals surface area contributed by atoms with Crippen molar-refractivity contribution < 1.29 is 22.7 Å². The van der Waals surface area contributed by atoms with Gasteiger partial charge in [-0.15, -0.1) is 0 Å². The van der Waals surface area contributed by atoms with Gasteiger partial charge in [-0.05, 0) is 55.2 Å². The molecule has 3 aromatic carbocycles. The monoisotopic (exact) mass is 565 g/mol. The van der Waals surface area contributed by atoms with Crippen molar-refractivity contribution in [1.29, 1.82) is 0 Å². The summed E-state index contributed by atoms with van der Waals surface area (Å²) in [6, 6.07) is 23.3. The van der Waals surface area contributed by atoms with Crippen LogP contribution in [0.5, 0.6) is 5.75 Å². The average molecular weight is 566 g/mol. The highest BCUT2D eigenvalue weighted by Crippen LogP contribution is 2.23. The van der Waals surface area contributed by atoms with E-state index in [1.165, 1.54) is 4.90 Å². The van der Waals surface area contributed by atoms with Crippen LogP contribution in [0, 0.1) is 6.92 Å². The Morgan fingerprint density at radius 1 is 0.925 bits per heavy atom. The SMILES string of the molecule is CCCNC(=O)[C@H](CC)N(Cc1cccc(C)c1)C(=O)CN(c1ccc(OCc2ccccc2)cc1)S(C)(=O)=O. The lowest BCUT2D eigenvalue weighted by molar-refractivity contribution is -0.140. The number of carbonyl (C=O) groups excluding carboxylic acids is 2. The van der Waals surface area contributed by atoms with E-state index in [9.17, 15) is 18.0 Å². The molecule has 9 heteroatoms. The van der Waals surface area contributed by atoms with Crippen molar-refractivity contribution in [2.45, 2.75) is 52.8 Å². The van der Waals surface area contributed by atoms with Gasteiger partial charge in [0, 0.05) is 13.1 Å². The molecule has 2 amide bonds. The maximum absolute atomic E-state index is 13.8. The second kappa shape index (κ2) is 14.5. The molecule has 8 nitrogen and oxygen atoms in total. The molecule has 0 radical (unpaired) electrons. The zero-order valence-corrected chi connectivity index (χ0v) is 24.5. The van der Waals surface area contributed by atoms with E-state index in [1.807, 2.05) is 75.4 Å².